The highest BCUT2D eigenvalue weighted by atomic mass is 16.5. The maximum Gasteiger partial charge on any atom is 0.347 e. The zero-order valence-electron chi connectivity index (χ0n) is 14.5. The zero-order chi connectivity index (χ0) is 18.7. The summed E-state index contributed by atoms with van der Waals surface area (Å²) in [6, 6.07) is 3.65. The molecule has 0 bridgehead atoms. The van der Waals surface area contributed by atoms with Gasteiger partial charge < -0.3 is 24.5 Å². The lowest BCUT2D eigenvalue weighted by Gasteiger charge is -2.18. The molecule has 1 aliphatic rings. The van der Waals surface area contributed by atoms with Crippen molar-refractivity contribution in [1.82, 2.24) is 14.9 Å². The number of aromatic nitrogens is 2. The Hall–Kier alpha value is -3.13. The number of nitrogens with zero attached hydrogens (tertiary/aromatic N) is 2. The average Bonchev–Trinajstić information content (AvgIpc) is 3.18. The fourth-order valence-corrected chi connectivity index (χ4v) is 2.66. The van der Waals surface area contributed by atoms with E-state index in [2.05, 4.69) is 9.97 Å². The van der Waals surface area contributed by atoms with E-state index in [1.165, 1.54) is 4.90 Å². The van der Waals surface area contributed by atoms with Crippen LogP contribution < -0.4 is 0 Å². The van der Waals surface area contributed by atoms with Crippen LogP contribution in [0.3, 0.4) is 0 Å². The molecule has 0 radical (unpaired) electrons. The number of aromatic amines is 1. The highest BCUT2D eigenvalue weighted by molar-refractivity contribution is 6.26. The van der Waals surface area contributed by atoms with Gasteiger partial charge in [0, 0.05) is 36.9 Å². The van der Waals surface area contributed by atoms with E-state index in [-0.39, 0.29) is 37.0 Å². The van der Waals surface area contributed by atoms with Gasteiger partial charge in [0.2, 0.25) is 11.7 Å². The van der Waals surface area contributed by atoms with Crippen LogP contribution in [0.15, 0.2) is 41.7 Å². The minimum Gasteiger partial charge on any atom is -0.462 e. The second-order valence-corrected chi connectivity index (χ2v) is 5.63. The van der Waals surface area contributed by atoms with Gasteiger partial charge in [-0.05, 0) is 25.1 Å². The minimum absolute atomic E-state index is 0.0117. The Morgan fingerprint density at radius 2 is 2.31 bits per heavy atom. The molecule has 2 N–H and O–H groups in total. The van der Waals surface area contributed by atoms with E-state index in [0.717, 1.165) is 5.39 Å². The van der Waals surface area contributed by atoms with Gasteiger partial charge in [-0.2, -0.15) is 0 Å². The Morgan fingerprint density at radius 1 is 1.50 bits per heavy atom. The van der Waals surface area contributed by atoms with Crippen LogP contribution in [0.1, 0.15) is 12.5 Å². The van der Waals surface area contributed by atoms with Crippen LogP contribution in [0.5, 0.6) is 0 Å². The summed E-state index contributed by atoms with van der Waals surface area (Å²) in [6.07, 6.45) is 4.93. The summed E-state index contributed by atoms with van der Waals surface area (Å²) in [4.78, 5) is 33.7. The minimum atomic E-state index is -0.749. The quantitative estimate of drug-likeness (QED) is 0.455. The fraction of sp³-hybridized carbons (Fsp3) is 0.278. The lowest BCUT2D eigenvalue weighted by atomic mass is 10.1. The number of hydrogen-bond acceptors (Lipinski definition) is 7. The van der Waals surface area contributed by atoms with Gasteiger partial charge in [-0.1, -0.05) is 0 Å². The number of fused-ring (bicyclic) bond motifs is 1. The van der Waals surface area contributed by atoms with Crippen molar-refractivity contribution >= 4 is 28.9 Å². The summed E-state index contributed by atoms with van der Waals surface area (Å²) >= 11 is 0. The van der Waals surface area contributed by atoms with Crippen molar-refractivity contribution in [3.8, 4) is 0 Å². The molecule has 0 atom stereocenters. The van der Waals surface area contributed by atoms with E-state index in [4.69, 9.17) is 14.6 Å². The molecule has 26 heavy (non-hydrogen) atoms. The number of carbonyl (C=O) groups is 2. The molecule has 8 heteroatoms. The molecule has 3 rings (SSSR count). The first-order chi connectivity index (χ1) is 12.6. The van der Waals surface area contributed by atoms with E-state index in [1.807, 2.05) is 6.07 Å². The highest BCUT2D eigenvalue weighted by Gasteiger charge is 2.38. The lowest BCUT2D eigenvalue weighted by Crippen LogP contribution is -2.25. The number of likely N-dealkylation sites (N-methyl/N-ethyl adjacent to an activating group) is 1. The average molecular weight is 357 g/mol. The maximum atomic E-state index is 12.7. The molecular weight excluding hydrogens is 338 g/mol. The Bertz CT molecular complexity index is 912. The number of pyridine rings is 1. The molecule has 1 aliphatic heterocycles. The molecule has 0 spiro atoms. The summed E-state index contributed by atoms with van der Waals surface area (Å²) < 4.78 is 10.6. The molecule has 0 saturated carbocycles. The number of hydrogen-bond donors (Lipinski definition) is 2. The number of ether oxygens (including phenoxy) is 2. The molecule has 0 saturated heterocycles. The summed E-state index contributed by atoms with van der Waals surface area (Å²) in [5.74, 6) is -1.22. The Balaban J connectivity index is 1.99. The van der Waals surface area contributed by atoms with Crippen molar-refractivity contribution in [2.45, 2.75) is 6.92 Å². The summed E-state index contributed by atoms with van der Waals surface area (Å²) in [5.41, 5.74) is 1.22. The number of ketones is 1. The number of Topliss-reactive ketones (excluding diaryl/α,β-unsaturated/α-hetero) is 1. The summed E-state index contributed by atoms with van der Waals surface area (Å²) in [6.45, 7) is 1.85. The maximum absolute atomic E-state index is 12.7. The normalized spacial score (nSPS) is 15.7. The first-order valence-electron chi connectivity index (χ1n) is 8.16. The Labute approximate surface area is 149 Å². The summed E-state index contributed by atoms with van der Waals surface area (Å²) in [5, 5.41) is 9.96. The first kappa shape index (κ1) is 17.7. The molecule has 2 aromatic heterocycles. The van der Waals surface area contributed by atoms with E-state index in [9.17, 15) is 9.59 Å². The number of esters is 1. The van der Waals surface area contributed by atoms with Crippen molar-refractivity contribution in [1.29, 1.82) is 0 Å². The lowest BCUT2D eigenvalue weighted by molar-refractivity contribution is -0.139. The first-order valence-corrected chi connectivity index (χ1v) is 8.16. The van der Waals surface area contributed by atoms with Crippen LogP contribution in [0, 0.1) is 0 Å². The monoisotopic (exact) mass is 357 g/mol. The van der Waals surface area contributed by atoms with E-state index < -0.39 is 11.8 Å². The molecule has 0 fully saturated rings. The number of H-pyrrole nitrogens is 1. The number of aliphatic hydroxyl groups is 1. The van der Waals surface area contributed by atoms with Crippen molar-refractivity contribution in [2.75, 3.05) is 26.8 Å². The van der Waals surface area contributed by atoms with Crippen molar-refractivity contribution in [3.05, 3.63) is 47.3 Å². The third-order valence-corrected chi connectivity index (χ3v) is 3.90. The van der Waals surface area contributed by atoms with Gasteiger partial charge in [0.05, 0.1) is 13.2 Å². The van der Waals surface area contributed by atoms with Crippen molar-refractivity contribution in [3.63, 3.8) is 0 Å². The van der Waals surface area contributed by atoms with Crippen LogP contribution in [0.4, 0.5) is 0 Å². The zero-order valence-corrected chi connectivity index (χ0v) is 14.5. The summed E-state index contributed by atoms with van der Waals surface area (Å²) in [7, 11) is 1.62. The number of rotatable bonds is 6. The van der Waals surface area contributed by atoms with Crippen LogP contribution in [0.2, 0.25) is 0 Å². The topological polar surface area (TPSA) is 105 Å². The number of carbonyl (C=O) groups excluding carboxylic acids is 2. The molecule has 2 aromatic rings. The van der Waals surface area contributed by atoms with Crippen molar-refractivity contribution < 1.29 is 24.2 Å². The van der Waals surface area contributed by atoms with Gasteiger partial charge in [0.25, 0.3) is 0 Å². The second-order valence-electron chi connectivity index (χ2n) is 5.63. The molecule has 0 unspecified atom stereocenters. The highest BCUT2D eigenvalue weighted by Crippen LogP contribution is 2.30. The number of aliphatic hydroxyl groups excluding tert-OH is 1. The van der Waals surface area contributed by atoms with E-state index >= 15 is 0 Å². The third-order valence-electron chi connectivity index (χ3n) is 3.90. The SMILES string of the molecule is CCOC(=O)C1=C(N(C)CCO)O/C(=C\c2c[nH]c3ncccc23)C1=O. The molecule has 136 valence electrons. The molecule has 0 aliphatic carbocycles. The van der Waals surface area contributed by atoms with Crippen LogP contribution >= 0.6 is 0 Å². The van der Waals surface area contributed by atoms with Crippen LogP contribution in [0.25, 0.3) is 17.1 Å². The predicted octanol–water partition coefficient (Wildman–Crippen LogP) is 1.20. The largest absolute Gasteiger partial charge is 0.462 e. The molecule has 8 nitrogen and oxygen atoms in total. The fourth-order valence-electron chi connectivity index (χ4n) is 2.66. The van der Waals surface area contributed by atoms with Crippen LogP contribution in [-0.2, 0) is 19.1 Å². The van der Waals surface area contributed by atoms with Gasteiger partial charge in [-0.3, -0.25) is 4.79 Å². The smallest absolute Gasteiger partial charge is 0.347 e. The predicted molar refractivity (Wildman–Crippen MR) is 93.5 cm³/mol. The van der Waals surface area contributed by atoms with Gasteiger partial charge >= 0.3 is 5.97 Å². The number of nitrogens with one attached hydrogen (secondary N) is 1. The van der Waals surface area contributed by atoms with Gasteiger partial charge in [-0.25, -0.2) is 9.78 Å². The van der Waals surface area contributed by atoms with Crippen molar-refractivity contribution in [2.24, 2.45) is 0 Å². The second kappa shape index (κ2) is 7.40. The third kappa shape index (κ3) is 3.18. The van der Waals surface area contributed by atoms with E-state index in [0.29, 0.717) is 11.2 Å². The molecular formula is C18H19N3O5. The number of allylic oxidation sites excluding steroid dienone is 1. The van der Waals surface area contributed by atoms with Gasteiger partial charge in [-0.15, -0.1) is 0 Å². The van der Waals surface area contributed by atoms with Gasteiger partial charge in [0.15, 0.2) is 11.3 Å². The standard InChI is InChI=1S/C18H19N3O5/c1-3-25-18(24)14-15(23)13(26-17(14)21(2)7-8-22)9-11-10-20-16-12(11)5-4-6-19-16/h4-6,9-10,22H,3,7-8H2,1-2H3,(H,19,20)/b13-9-. The molecule has 3 heterocycles. The van der Waals surface area contributed by atoms with E-state index in [1.54, 1.807) is 38.5 Å². The molecule has 0 amide bonds. The Kier molecular flexibility index (Phi) is 5.04. The Morgan fingerprint density at radius 3 is 3.04 bits per heavy atom. The van der Waals surface area contributed by atoms with Gasteiger partial charge in [0.1, 0.15) is 5.65 Å². The van der Waals surface area contributed by atoms with Crippen LogP contribution in [-0.4, -0.2) is 58.5 Å². The molecule has 0 aromatic carbocycles.